The summed E-state index contributed by atoms with van der Waals surface area (Å²) >= 11 is 0. The summed E-state index contributed by atoms with van der Waals surface area (Å²) in [6, 6.07) is 9.46. The molecule has 2 rings (SSSR count). The first-order chi connectivity index (χ1) is 11.4. The molecule has 7 nitrogen and oxygen atoms in total. The fourth-order valence-corrected chi connectivity index (χ4v) is 2.86. The molecule has 0 aliphatic carbocycles. The molecule has 0 saturated heterocycles. The van der Waals surface area contributed by atoms with Crippen molar-refractivity contribution in [2.45, 2.75) is 25.7 Å². The molecule has 0 spiro atoms. The van der Waals surface area contributed by atoms with Gasteiger partial charge in [0.15, 0.2) is 5.82 Å². The van der Waals surface area contributed by atoms with Crippen LogP contribution < -0.4 is 14.8 Å². The van der Waals surface area contributed by atoms with Crippen molar-refractivity contribution in [1.82, 2.24) is 10.2 Å². The summed E-state index contributed by atoms with van der Waals surface area (Å²) in [5.41, 5.74) is 0. The van der Waals surface area contributed by atoms with E-state index in [1.807, 2.05) is 6.92 Å². The van der Waals surface area contributed by atoms with Crippen molar-refractivity contribution in [3.05, 3.63) is 36.4 Å². The first kappa shape index (κ1) is 18.0. The molecule has 0 amide bonds. The molecule has 8 heteroatoms. The zero-order valence-electron chi connectivity index (χ0n) is 14.0. The van der Waals surface area contributed by atoms with Crippen LogP contribution in [-0.4, -0.2) is 31.8 Å². The Balaban J connectivity index is 2.05. The lowest BCUT2D eigenvalue weighted by atomic mass is 10.2. The van der Waals surface area contributed by atoms with E-state index in [4.69, 9.17) is 4.74 Å². The lowest BCUT2D eigenvalue weighted by Gasteiger charge is -2.10. The van der Waals surface area contributed by atoms with E-state index in [0.29, 0.717) is 24.1 Å². The summed E-state index contributed by atoms with van der Waals surface area (Å²) in [6.07, 6.45) is 0. The number of hydrogen-bond donors (Lipinski definition) is 2. The number of nitrogens with one attached hydrogen (secondary N) is 2. The van der Waals surface area contributed by atoms with Crippen LogP contribution >= 0.6 is 0 Å². The van der Waals surface area contributed by atoms with Gasteiger partial charge in [-0.15, -0.1) is 10.2 Å². The topological polar surface area (TPSA) is 93.2 Å². The maximum absolute atomic E-state index is 12.3. The van der Waals surface area contributed by atoms with E-state index in [2.05, 4.69) is 34.1 Å². The van der Waals surface area contributed by atoms with Gasteiger partial charge in [0.1, 0.15) is 11.6 Å². The van der Waals surface area contributed by atoms with Crippen molar-refractivity contribution in [3.8, 4) is 5.75 Å². The third-order valence-electron chi connectivity index (χ3n) is 3.04. The van der Waals surface area contributed by atoms with Gasteiger partial charge in [0, 0.05) is 6.54 Å². The molecule has 1 aromatic carbocycles. The number of anilines is 2. The maximum atomic E-state index is 12.3. The van der Waals surface area contributed by atoms with Gasteiger partial charge in [-0.2, -0.15) is 0 Å². The average molecular weight is 350 g/mol. The Kier molecular flexibility index (Phi) is 5.97. The van der Waals surface area contributed by atoms with Gasteiger partial charge in [-0.1, -0.05) is 13.8 Å². The minimum atomic E-state index is -3.71. The molecule has 130 valence electrons. The highest BCUT2D eigenvalue weighted by atomic mass is 32.2. The van der Waals surface area contributed by atoms with Crippen LogP contribution in [0.5, 0.6) is 5.75 Å². The Bertz CT molecular complexity index is 744. The predicted octanol–water partition coefficient (Wildman–Crippen LogP) is 2.74. The Morgan fingerprint density at radius 3 is 2.21 bits per heavy atom. The second kappa shape index (κ2) is 7.96. The van der Waals surface area contributed by atoms with Gasteiger partial charge in [-0.25, -0.2) is 8.42 Å². The normalized spacial score (nSPS) is 11.3. The maximum Gasteiger partial charge on any atom is 0.263 e. The molecule has 0 unspecified atom stereocenters. The lowest BCUT2D eigenvalue weighted by molar-refractivity contribution is 0.340. The Morgan fingerprint density at radius 2 is 1.67 bits per heavy atom. The third kappa shape index (κ3) is 5.09. The molecule has 0 saturated carbocycles. The van der Waals surface area contributed by atoms with Crippen LogP contribution in [0.3, 0.4) is 0 Å². The fraction of sp³-hybridized carbons (Fsp3) is 0.375. The summed E-state index contributed by atoms with van der Waals surface area (Å²) in [5.74, 6) is 1.87. The van der Waals surface area contributed by atoms with Crippen molar-refractivity contribution in [3.63, 3.8) is 0 Å². The highest BCUT2D eigenvalue weighted by Crippen LogP contribution is 2.18. The van der Waals surface area contributed by atoms with Crippen LogP contribution in [0, 0.1) is 5.92 Å². The molecule has 0 aliphatic heterocycles. The highest BCUT2D eigenvalue weighted by Gasteiger charge is 2.15. The van der Waals surface area contributed by atoms with E-state index in [1.54, 1.807) is 24.3 Å². The molecule has 0 bridgehead atoms. The summed E-state index contributed by atoms with van der Waals surface area (Å²) in [5, 5.41) is 11.0. The second-order valence-electron chi connectivity index (χ2n) is 5.59. The molecule has 1 aromatic heterocycles. The highest BCUT2D eigenvalue weighted by molar-refractivity contribution is 7.92. The predicted molar refractivity (Wildman–Crippen MR) is 93.8 cm³/mol. The summed E-state index contributed by atoms with van der Waals surface area (Å²) in [6.45, 7) is 7.33. The van der Waals surface area contributed by atoms with Gasteiger partial charge in [0.2, 0.25) is 0 Å². The summed E-state index contributed by atoms with van der Waals surface area (Å²) in [7, 11) is -3.71. The van der Waals surface area contributed by atoms with E-state index < -0.39 is 10.0 Å². The molecule has 0 aliphatic rings. The SMILES string of the molecule is CCOc1ccc(S(=O)(=O)Nc2ccc(NCC(C)C)nn2)cc1. The molecule has 0 atom stereocenters. The van der Waals surface area contributed by atoms with Crippen molar-refractivity contribution in [2.75, 3.05) is 23.2 Å². The molecule has 1 heterocycles. The smallest absolute Gasteiger partial charge is 0.263 e. The van der Waals surface area contributed by atoms with Gasteiger partial charge in [-0.05, 0) is 49.2 Å². The molecular weight excluding hydrogens is 328 g/mol. The standard InChI is InChI=1S/C16H22N4O3S/c1-4-23-13-5-7-14(8-6-13)24(21,22)20-16-10-9-15(18-19-16)17-11-12(2)3/h5-10,12H,4,11H2,1-3H3,(H,17,18)(H,19,20). The Hall–Kier alpha value is -2.35. The van der Waals surface area contributed by atoms with Gasteiger partial charge in [-0.3, -0.25) is 4.72 Å². The number of hydrogen-bond acceptors (Lipinski definition) is 6. The third-order valence-corrected chi connectivity index (χ3v) is 4.41. The van der Waals surface area contributed by atoms with Crippen LogP contribution in [0.15, 0.2) is 41.3 Å². The second-order valence-corrected chi connectivity index (χ2v) is 7.27. The average Bonchev–Trinajstić information content (AvgIpc) is 2.55. The summed E-state index contributed by atoms with van der Waals surface area (Å²) < 4.78 is 32.4. The van der Waals surface area contributed by atoms with Crippen molar-refractivity contribution >= 4 is 21.7 Å². The number of benzene rings is 1. The van der Waals surface area contributed by atoms with Gasteiger partial charge in [0.25, 0.3) is 10.0 Å². The van der Waals surface area contributed by atoms with Crippen molar-refractivity contribution in [1.29, 1.82) is 0 Å². The minimum Gasteiger partial charge on any atom is -0.494 e. The lowest BCUT2D eigenvalue weighted by Crippen LogP contribution is -2.15. The Morgan fingerprint density at radius 1 is 1.04 bits per heavy atom. The first-order valence-corrected chi connectivity index (χ1v) is 9.22. The van der Waals surface area contributed by atoms with Crippen molar-refractivity contribution < 1.29 is 13.2 Å². The van der Waals surface area contributed by atoms with E-state index >= 15 is 0 Å². The van der Waals surface area contributed by atoms with Gasteiger partial charge in [0.05, 0.1) is 11.5 Å². The van der Waals surface area contributed by atoms with Gasteiger partial charge >= 0.3 is 0 Å². The van der Waals surface area contributed by atoms with Crippen LogP contribution in [0.4, 0.5) is 11.6 Å². The van der Waals surface area contributed by atoms with Gasteiger partial charge < -0.3 is 10.1 Å². The van der Waals surface area contributed by atoms with E-state index in [1.165, 1.54) is 12.1 Å². The number of ether oxygens (including phenoxy) is 1. The van der Waals surface area contributed by atoms with Crippen molar-refractivity contribution in [2.24, 2.45) is 5.92 Å². The largest absolute Gasteiger partial charge is 0.494 e. The quantitative estimate of drug-likeness (QED) is 0.760. The monoisotopic (exact) mass is 350 g/mol. The number of nitrogens with zero attached hydrogens (tertiary/aromatic N) is 2. The first-order valence-electron chi connectivity index (χ1n) is 7.74. The molecule has 2 aromatic rings. The van der Waals surface area contributed by atoms with E-state index in [9.17, 15) is 8.42 Å². The molecule has 0 radical (unpaired) electrons. The number of rotatable bonds is 8. The fourth-order valence-electron chi connectivity index (χ4n) is 1.87. The number of aromatic nitrogens is 2. The molecule has 2 N–H and O–H groups in total. The zero-order valence-corrected chi connectivity index (χ0v) is 14.8. The zero-order chi connectivity index (χ0) is 17.6. The van der Waals surface area contributed by atoms with Crippen LogP contribution in [-0.2, 0) is 10.0 Å². The van der Waals surface area contributed by atoms with Crippen LogP contribution in [0.1, 0.15) is 20.8 Å². The van der Waals surface area contributed by atoms with E-state index in [-0.39, 0.29) is 10.7 Å². The minimum absolute atomic E-state index is 0.134. The number of sulfonamides is 1. The van der Waals surface area contributed by atoms with Crippen LogP contribution in [0.2, 0.25) is 0 Å². The Labute approximate surface area is 142 Å². The van der Waals surface area contributed by atoms with E-state index in [0.717, 1.165) is 6.54 Å². The summed E-state index contributed by atoms with van der Waals surface area (Å²) in [4.78, 5) is 0.134. The molecule has 0 fully saturated rings. The molecule has 24 heavy (non-hydrogen) atoms. The van der Waals surface area contributed by atoms with Crippen LogP contribution in [0.25, 0.3) is 0 Å². The molecular formula is C16H22N4O3S.